The summed E-state index contributed by atoms with van der Waals surface area (Å²) in [5.74, 6) is 0. The topological polar surface area (TPSA) is 66.5 Å². The second-order valence-corrected chi connectivity index (χ2v) is 6.30. The van der Waals surface area contributed by atoms with Crippen LogP contribution in [0.1, 0.15) is 41.0 Å². The fourth-order valence-electron chi connectivity index (χ4n) is 3.18. The standard InChI is InChI=1S/C11H23NO2/c1-9(2)6-11(5,12)8(14)10(3,4)7(9)13/h7-8,13-14H,6,12H2,1-5H3. The Balaban J connectivity index is 3.10. The number of hydrogen-bond acceptors (Lipinski definition) is 3. The van der Waals surface area contributed by atoms with E-state index in [1.807, 2.05) is 34.6 Å². The molecule has 0 aromatic carbocycles. The molecule has 3 unspecified atom stereocenters. The second kappa shape index (κ2) is 2.94. The van der Waals surface area contributed by atoms with E-state index in [-0.39, 0.29) is 5.41 Å². The van der Waals surface area contributed by atoms with Crippen LogP contribution in [0, 0.1) is 10.8 Å². The van der Waals surface area contributed by atoms with Gasteiger partial charge in [0.05, 0.1) is 12.2 Å². The third-order valence-electron chi connectivity index (χ3n) is 3.61. The van der Waals surface area contributed by atoms with Gasteiger partial charge < -0.3 is 15.9 Å². The SMILES string of the molecule is CC1(C)CC(C)(N)C(O)C(C)(C)C1O. The summed E-state index contributed by atoms with van der Waals surface area (Å²) < 4.78 is 0. The molecule has 0 aromatic rings. The molecule has 1 rings (SSSR count). The van der Waals surface area contributed by atoms with Gasteiger partial charge in [0, 0.05) is 11.0 Å². The van der Waals surface area contributed by atoms with Crippen molar-refractivity contribution >= 4 is 0 Å². The Morgan fingerprint density at radius 2 is 1.43 bits per heavy atom. The molecule has 3 nitrogen and oxygen atoms in total. The van der Waals surface area contributed by atoms with Crippen LogP contribution < -0.4 is 5.73 Å². The van der Waals surface area contributed by atoms with Crippen LogP contribution in [0.2, 0.25) is 0 Å². The maximum Gasteiger partial charge on any atom is 0.0792 e. The van der Waals surface area contributed by atoms with E-state index in [2.05, 4.69) is 0 Å². The van der Waals surface area contributed by atoms with E-state index in [9.17, 15) is 10.2 Å². The van der Waals surface area contributed by atoms with Gasteiger partial charge in [0.15, 0.2) is 0 Å². The van der Waals surface area contributed by atoms with Crippen LogP contribution in [0.25, 0.3) is 0 Å². The van der Waals surface area contributed by atoms with E-state index in [4.69, 9.17) is 5.73 Å². The lowest BCUT2D eigenvalue weighted by molar-refractivity contribution is -0.169. The highest BCUT2D eigenvalue weighted by Crippen LogP contribution is 2.49. The number of nitrogens with two attached hydrogens (primary N) is 1. The fraction of sp³-hybridized carbons (Fsp3) is 1.00. The molecule has 1 fully saturated rings. The van der Waals surface area contributed by atoms with Gasteiger partial charge in [-0.15, -0.1) is 0 Å². The molecule has 0 aromatic heterocycles. The van der Waals surface area contributed by atoms with Gasteiger partial charge in [-0.2, -0.15) is 0 Å². The first-order chi connectivity index (χ1) is 6.02. The lowest BCUT2D eigenvalue weighted by Gasteiger charge is -2.55. The molecule has 0 bridgehead atoms. The van der Waals surface area contributed by atoms with Gasteiger partial charge in [-0.1, -0.05) is 27.7 Å². The normalized spacial score (nSPS) is 46.3. The van der Waals surface area contributed by atoms with Crippen molar-refractivity contribution in [2.75, 3.05) is 0 Å². The van der Waals surface area contributed by atoms with E-state index in [0.29, 0.717) is 6.42 Å². The van der Waals surface area contributed by atoms with Crippen molar-refractivity contribution in [2.24, 2.45) is 16.6 Å². The smallest absolute Gasteiger partial charge is 0.0792 e. The van der Waals surface area contributed by atoms with Crippen LogP contribution in [-0.4, -0.2) is 28.0 Å². The van der Waals surface area contributed by atoms with Crippen molar-refractivity contribution in [3.8, 4) is 0 Å². The lowest BCUT2D eigenvalue weighted by atomic mass is 9.55. The zero-order chi connectivity index (χ0) is 11.4. The Labute approximate surface area is 86.3 Å². The van der Waals surface area contributed by atoms with Gasteiger partial charge in [0.25, 0.3) is 0 Å². The largest absolute Gasteiger partial charge is 0.392 e. The highest BCUT2D eigenvalue weighted by molar-refractivity contribution is 5.09. The van der Waals surface area contributed by atoms with E-state index >= 15 is 0 Å². The van der Waals surface area contributed by atoms with Crippen LogP contribution in [0.4, 0.5) is 0 Å². The molecule has 0 aliphatic heterocycles. The number of hydrogen-bond donors (Lipinski definition) is 3. The zero-order valence-electron chi connectivity index (χ0n) is 9.83. The molecule has 0 heterocycles. The fourth-order valence-corrected chi connectivity index (χ4v) is 3.18. The highest BCUT2D eigenvalue weighted by Gasteiger charge is 2.56. The van der Waals surface area contributed by atoms with Crippen LogP contribution in [0.15, 0.2) is 0 Å². The molecule has 0 radical (unpaired) electrons. The maximum atomic E-state index is 10.2. The quantitative estimate of drug-likeness (QED) is 0.545. The summed E-state index contributed by atoms with van der Waals surface area (Å²) in [5, 5.41) is 20.2. The minimum Gasteiger partial charge on any atom is -0.392 e. The molecule has 3 heteroatoms. The zero-order valence-corrected chi connectivity index (χ0v) is 9.83. The maximum absolute atomic E-state index is 10.2. The molecular weight excluding hydrogens is 178 g/mol. The van der Waals surface area contributed by atoms with Crippen molar-refractivity contribution in [1.82, 2.24) is 0 Å². The van der Waals surface area contributed by atoms with Crippen LogP contribution in [0.5, 0.6) is 0 Å². The summed E-state index contributed by atoms with van der Waals surface area (Å²) in [7, 11) is 0. The summed E-state index contributed by atoms with van der Waals surface area (Å²) in [4.78, 5) is 0. The summed E-state index contributed by atoms with van der Waals surface area (Å²) >= 11 is 0. The van der Waals surface area contributed by atoms with Crippen molar-refractivity contribution in [3.63, 3.8) is 0 Å². The molecule has 84 valence electrons. The Hall–Kier alpha value is -0.120. The van der Waals surface area contributed by atoms with E-state index in [1.54, 1.807) is 0 Å². The summed E-state index contributed by atoms with van der Waals surface area (Å²) in [6.45, 7) is 9.59. The third-order valence-corrected chi connectivity index (χ3v) is 3.61. The molecule has 0 spiro atoms. The van der Waals surface area contributed by atoms with Gasteiger partial charge in [-0.3, -0.25) is 0 Å². The van der Waals surface area contributed by atoms with E-state index in [1.165, 1.54) is 0 Å². The Bertz CT molecular complexity index is 211. The van der Waals surface area contributed by atoms with Crippen LogP contribution in [-0.2, 0) is 0 Å². The second-order valence-electron chi connectivity index (χ2n) is 6.30. The predicted octanol–water partition coefficient (Wildman–Crippen LogP) is 0.882. The predicted molar refractivity (Wildman–Crippen MR) is 56.8 cm³/mol. The van der Waals surface area contributed by atoms with Crippen molar-refractivity contribution < 1.29 is 10.2 Å². The third kappa shape index (κ3) is 1.58. The Morgan fingerprint density at radius 1 is 1.00 bits per heavy atom. The molecule has 4 N–H and O–H groups in total. The first kappa shape index (κ1) is 12.0. The van der Waals surface area contributed by atoms with Gasteiger partial charge in [-0.25, -0.2) is 0 Å². The van der Waals surface area contributed by atoms with E-state index < -0.39 is 23.2 Å². The molecular formula is C11H23NO2. The van der Waals surface area contributed by atoms with Gasteiger partial charge in [0.2, 0.25) is 0 Å². The minimum atomic E-state index is -0.668. The first-order valence-electron chi connectivity index (χ1n) is 5.17. The summed E-state index contributed by atoms with van der Waals surface area (Å²) in [5.41, 5.74) is 4.66. The van der Waals surface area contributed by atoms with Gasteiger partial charge in [-0.05, 0) is 18.8 Å². The molecule has 0 amide bonds. The average Bonchev–Trinajstić information content (AvgIpc) is 1.97. The van der Waals surface area contributed by atoms with Crippen molar-refractivity contribution in [2.45, 2.75) is 58.8 Å². The van der Waals surface area contributed by atoms with Crippen LogP contribution >= 0.6 is 0 Å². The molecule has 1 aliphatic rings. The van der Waals surface area contributed by atoms with Gasteiger partial charge in [0.1, 0.15) is 0 Å². The molecule has 1 aliphatic carbocycles. The monoisotopic (exact) mass is 201 g/mol. The van der Waals surface area contributed by atoms with Crippen molar-refractivity contribution in [1.29, 1.82) is 0 Å². The lowest BCUT2D eigenvalue weighted by Crippen LogP contribution is -2.67. The summed E-state index contributed by atoms with van der Waals surface area (Å²) in [6.07, 6.45) is -0.564. The minimum absolute atomic E-state index is 0.244. The summed E-state index contributed by atoms with van der Waals surface area (Å²) in [6, 6.07) is 0. The van der Waals surface area contributed by atoms with Gasteiger partial charge >= 0.3 is 0 Å². The number of aliphatic hydroxyl groups excluding tert-OH is 2. The number of aliphatic hydroxyl groups is 2. The van der Waals surface area contributed by atoms with Crippen molar-refractivity contribution in [3.05, 3.63) is 0 Å². The van der Waals surface area contributed by atoms with Crippen LogP contribution in [0.3, 0.4) is 0 Å². The van der Waals surface area contributed by atoms with E-state index in [0.717, 1.165) is 0 Å². The Morgan fingerprint density at radius 3 is 1.86 bits per heavy atom. The molecule has 0 saturated heterocycles. The highest BCUT2D eigenvalue weighted by atomic mass is 16.3. The number of rotatable bonds is 0. The molecule has 3 atom stereocenters. The molecule has 1 saturated carbocycles. The Kier molecular flexibility index (Phi) is 2.51. The molecule has 14 heavy (non-hydrogen) atoms. The first-order valence-corrected chi connectivity index (χ1v) is 5.17. The average molecular weight is 201 g/mol.